The molecule has 2 saturated heterocycles. The highest BCUT2D eigenvalue weighted by Crippen LogP contribution is 2.36. The van der Waals surface area contributed by atoms with Gasteiger partial charge in [-0.05, 0) is 50.6 Å². The number of likely N-dealkylation sites (tertiary alicyclic amines) is 1. The molecular weight excluding hydrogens is 393 g/mol. The van der Waals surface area contributed by atoms with Crippen molar-refractivity contribution in [1.29, 1.82) is 0 Å². The highest BCUT2D eigenvalue weighted by molar-refractivity contribution is 6.31. The first kappa shape index (κ1) is 21.2. The van der Waals surface area contributed by atoms with Crippen molar-refractivity contribution in [3.8, 4) is 0 Å². The molecule has 156 valence electrons. The number of nitrogens with zero attached hydrogens (tertiary/aromatic N) is 3. The Morgan fingerprint density at radius 2 is 1.93 bits per heavy atom. The number of alkyl halides is 3. The molecule has 2 aliphatic rings. The van der Waals surface area contributed by atoms with Crippen LogP contribution in [0.4, 0.5) is 23.7 Å². The van der Waals surface area contributed by atoms with E-state index in [0.717, 1.165) is 44.9 Å². The lowest BCUT2D eigenvalue weighted by Crippen LogP contribution is -2.51. The Bertz CT molecular complexity index is 692. The minimum Gasteiger partial charge on any atom is -0.322 e. The maximum absolute atomic E-state index is 13.0. The molecule has 1 unspecified atom stereocenters. The summed E-state index contributed by atoms with van der Waals surface area (Å²) in [5.74, 6) is 0.661. The van der Waals surface area contributed by atoms with Gasteiger partial charge in [0.05, 0.1) is 10.6 Å². The summed E-state index contributed by atoms with van der Waals surface area (Å²) in [6, 6.07) is 3.02. The molecule has 3 rings (SSSR count). The zero-order valence-electron chi connectivity index (χ0n) is 15.9. The molecular formula is C19H26ClF3N4O. The number of halogens is 4. The maximum Gasteiger partial charge on any atom is 0.417 e. The van der Waals surface area contributed by atoms with E-state index in [-0.39, 0.29) is 16.7 Å². The van der Waals surface area contributed by atoms with Gasteiger partial charge in [0.25, 0.3) is 0 Å². The van der Waals surface area contributed by atoms with Gasteiger partial charge in [-0.1, -0.05) is 11.6 Å². The Hall–Kier alpha value is -1.51. The van der Waals surface area contributed by atoms with Crippen molar-refractivity contribution in [3.05, 3.63) is 28.8 Å². The Kier molecular flexibility index (Phi) is 6.73. The number of piperidine rings is 1. The van der Waals surface area contributed by atoms with Crippen LogP contribution in [-0.4, -0.2) is 73.6 Å². The van der Waals surface area contributed by atoms with Gasteiger partial charge < -0.3 is 15.1 Å². The molecule has 1 atom stereocenters. The highest BCUT2D eigenvalue weighted by Gasteiger charge is 2.33. The van der Waals surface area contributed by atoms with E-state index in [0.29, 0.717) is 19.0 Å². The summed E-state index contributed by atoms with van der Waals surface area (Å²) >= 11 is 5.62. The Morgan fingerprint density at radius 1 is 1.21 bits per heavy atom. The van der Waals surface area contributed by atoms with E-state index in [9.17, 15) is 18.0 Å². The van der Waals surface area contributed by atoms with Crippen LogP contribution in [0.1, 0.15) is 18.4 Å². The summed E-state index contributed by atoms with van der Waals surface area (Å²) in [4.78, 5) is 18.8. The predicted molar refractivity (Wildman–Crippen MR) is 104 cm³/mol. The smallest absolute Gasteiger partial charge is 0.322 e. The van der Waals surface area contributed by atoms with Crippen molar-refractivity contribution < 1.29 is 18.0 Å². The Labute approximate surface area is 168 Å². The normalized spacial score (nSPS) is 22.3. The third-order valence-corrected chi connectivity index (χ3v) is 5.75. The zero-order chi connectivity index (χ0) is 20.3. The molecule has 0 saturated carbocycles. The monoisotopic (exact) mass is 418 g/mol. The average molecular weight is 419 g/mol. The number of nitrogens with one attached hydrogen (secondary N) is 1. The molecule has 1 N–H and O–H groups in total. The lowest BCUT2D eigenvalue weighted by atomic mass is 9.97. The molecule has 9 heteroatoms. The third kappa shape index (κ3) is 5.52. The van der Waals surface area contributed by atoms with Crippen LogP contribution >= 0.6 is 11.6 Å². The van der Waals surface area contributed by atoms with Crippen molar-refractivity contribution >= 4 is 23.3 Å². The largest absolute Gasteiger partial charge is 0.417 e. The Balaban J connectivity index is 1.50. The molecule has 0 aromatic heterocycles. The molecule has 2 fully saturated rings. The molecule has 0 bridgehead atoms. The molecule has 5 nitrogen and oxygen atoms in total. The number of carbonyl (C=O) groups excluding carboxylic acids is 1. The molecule has 2 amide bonds. The van der Waals surface area contributed by atoms with E-state index in [1.54, 1.807) is 4.90 Å². The number of urea groups is 1. The van der Waals surface area contributed by atoms with Crippen LogP contribution in [0, 0.1) is 5.92 Å². The van der Waals surface area contributed by atoms with E-state index >= 15 is 0 Å². The van der Waals surface area contributed by atoms with Crippen LogP contribution in [0.2, 0.25) is 5.02 Å². The number of anilines is 1. The molecule has 28 heavy (non-hydrogen) atoms. The van der Waals surface area contributed by atoms with Gasteiger partial charge in [0, 0.05) is 45.0 Å². The van der Waals surface area contributed by atoms with Crippen LogP contribution < -0.4 is 5.32 Å². The Morgan fingerprint density at radius 3 is 2.57 bits per heavy atom. The van der Waals surface area contributed by atoms with Gasteiger partial charge in [0.15, 0.2) is 0 Å². The van der Waals surface area contributed by atoms with Crippen molar-refractivity contribution in [2.24, 2.45) is 5.92 Å². The number of amides is 2. The second-order valence-electron chi connectivity index (χ2n) is 7.68. The van der Waals surface area contributed by atoms with Gasteiger partial charge >= 0.3 is 12.2 Å². The van der Waals surface area contributed by atoms with E-state index in [4.69, 9.17) is 11.6 Å². The van der Waals surface area contributed by atoms with Crippen molar-refractivity contribution in [2.75, 3.05) is 58.2 Å². The van der Waals surface area contributed by atoms with Crippen LogP contribution in [0.5, 0.6) is 0 Å². The molecule has 1 aromatic rings. The number of benzene rings is 1. The quantitative estimate of drug-likeness (QED) is 0.810. The molecule has 0 aliphatic carbocycles. The summed E-state index contributed by atoms with van der Waals surface area (Å²) in [6.07, 6.45) is -2.09. The number of rotatable bonds is 3. The molecule has 2 aliphatic heterocycles. The van der Waals surface area contributed by atoms with E-state index in [1.807, 2.05) is 0 Å². The SMILES string of the molecule is CN1CCCC(CN2CCN(C(=O)Nc3ccc(Cl)c(C(F)(F)F)c3)CC2)C1. The summed E-state index contributed by atoms with van der Waals surface area (Å²) < 4.78 is 38.9. The van der Waals surface area contributed by atoms with Crippen LogP contribution in [0.15, 0.2) is 18.2 Å². The molecule has 1 aromatic carbocycles. The van der Waals surface area contributed by atoms with Gasteiger partial charge in [-0.25, -0.2) is 4.79 Å². The third-order valence-electron chi connectivity index (χ3n) is 5.42. The number of hydrogen-bond donors (Lipinski definition) is 1. The van der Waals surface area contributed by atoms with Crippen molar-refractivity contribution in [3.63, 3.8) is 0 Å². The topological polar surface area (TPSA) is 38.8 Å². The van der Waals surface area contributed by atoms with E-state index < -0.39 is 11.7 Å². The first-order valence-electron chi connectivity index (χ1n) is 9.56. The van der Waals surface area contributed by atoms with Gasteiger partial charge in [0.2, 0.25) is 0 Å². The maximum atomic E-state index is 13.0. The fourth-order valence-electron chi connectivity index (χ4n) is 3.94. The van der Waals surface area contributed by atoms with Crippen LogP contribution in [0.3, 0.4) is 0 Å². The first-order chi connectivity index (χ1) is 13.2. The van der Waals surface area contributed by atoms with E-state index in [1.165, 1.54) is 18.9 Å². The van der Waals surface area contributed by atoms with Gasteiger partial charge in [-0.3, -0.25) is 4.90 Å². The second kappa shape index (κ2) is 8.88. The molecule has 0 radical (unpaired) electrons. The first-order valence-corrected chi connectivity index (χ1v) is 9.94. The van der Waals surface area contributed by atoms with Gasteiger partial charge in [0.1, 0.15) is 0 Å². The minimum absolute atomic E-state index is 0.0920. The molecule has 0 spiro atoms. The number of carbonyl (C=O) groups is 1. The number of hydrogen-bond acceptors (Lipinski definition) is 3. The average Bonchev–Trinajstić information content (AvgIpc) is 2.63. The second-order valence-corrected chi connectivity index (χ2v) is 8.09. The van der Waals surface area contributed by atoms with Gasteiger partial charge in [-0.15, -0.1) is 0 Å². The lowest BCUT2D eigenvalue weighted by Gasteiger charge is -2.38. The standard InChI is InChI=1S/C19H26ClF3N4O/c1-25-6-2-3-14(12-25)13-26-7-9-27(10-8-26)18(28)24-15-4-5-17(20)16(11-15)19(21,22)23/h4-5,11,14H,2-3,6-10,12-13H2,1H3,(H,24,28). The van der Waals surface area contributed by atoms with Gasteiger partial charge in [-0.2, -0.15) is 13.2 Å². The van der Waals surface area contributed by atoms with E-state index in [2.05, 4.69) is 22.2 Å². The molecule has 2 heterocycles. The lowest BCUT2D eigenvalue weighted by molar-refractivity contribution is -0.137. The van der Waals surface area contributed by atoms with Crippen LogP contribution in [0.25, 0.3) is 0 Å². The van der Waals surface area contributed by atoms with Crippen LogP contribution in [-0.2, 0) is 6.18 Å². The fourth-order valence-corrected chi connectivity index (χ4v) is 4.17. The summed E-state index contributed by atoms with van der Waals surface area (Å²) in [7, 11) is 2.15. The summed E-state index contributed by atoms with van der Waals surface area (Å²) in [5, 5.41) is 2.17. The minimum atomic E-state index is -4.56. The highest BCUT2D eigenvalue weighted by atomic mass is 35.5. The zero-order valence-corrected chi connectivity index (χ0v) is 16.7. The summed E-state index contributed by atoms with van der Waals surface area (Å²) in [5.41, 5.74) is -0.858. The fraction of sp³-hybridized carbons (Fsp3) is 0.632. The summed E-state index contributed by atoms with van der Waals surface area (Å²) in [6.45, 7) is 5.99. The predicted octanol–water partition coefficient (Wildman–Crippen LogP) is 3.85. The van der Waals surface area contributed by atoms with Crippen molar-refractivity contribution in [2.45, 2.75) is 19.0 Å². The number of piperazine rings is 1. The van der Waals surface area contributed by atoms with Crippen molar-refractivity contribution in [1.82, 2.24) is 14.7 Å².